The van der Waals surface area contributed by atoms with Crippen LogP contribution in [-0.2, 0) is 11.8 Å². The molecule has 0 spiro atoms. The highest BCUT2D eigenvalue weighted by Crippen LogP contribution is 2.36. The van der Waals surface area contributed by atoms with Gasteiger partial charge in [0, 0.05) is 37.6 Å². The maximum Gasteiger partial charge on any atom is 0.411 e. The minimum atomic E-state index is -0.245. The van der Waals surface area contributed by atoms with Crippen molar-refractivity contribution in [3.63, 3.8) is 0 Å². The maximum absolute atomic E-state index is 13.0. The van der Waals surface area contributed by atoms with E-state index in [0.717, 1.165) is 35.4 Å². The van der Waals surface area contributed by atoms with E-state index in [1.807, 2.05) is 71.7 Å². The Morgan fingerprint density at radius 1 is 1.10 bits per heavy atom. The van der Waals surface area contributed by atoms with E-state index in [0.29, 0.717) is 13.1 Å². The molecule has 0 radical (unpaired) electrons. The Morgan fingerprint density at radius 2 is 1.76 bits per heavy atom. The van der Waals surface area contributed by atoms with Crippen LogP contribution in [0.2, 0.25) is 0 Å². The zero-order valence-electron chi connectivity index (χ0n) is 17.6. The van der Waals surface area contributed by atoms with Crippen LogP contribution in [0, 0.1) is 13.8 Å². The molecule has 2 aliphatic heterocycles. The number of nitrogens with zero attached hydrogens (tertiary/aromatic N) is 3. The number of aryl methyl sites for hydroxylation is 1. The number of cyclic esters (lactones) is 1. The van der Waals surface area contributed by atoms with E-state index < -0.39 is 0 Å². The van der Waals surface area contributed by atoms with Crippen LogP contribution in [0.25, 0.3) is 0 Å². The molecule has 2 saturated heterocycles. The number of piperidine rings is 1. The third-order valence-corrected chi connectivity index (χ3v) is 6.59. The summed E-state index contributed by atoms with van der Waals surface area (Å²) in [7, 11) is 1.98. The molecule has 29 heavy (non-hydrogen) atoms. The van der Waals surface area contributed by atoms with Crippen molar-refractivity contribution in [2.24, 2.45) is 7.05 Å². The summed E-state index contributed by atoms with van der Waals surface area (Å²) in [6.07, 6.45) is 1.07. The number of aromatic nitrogens is 1. The zero-order valence-corrected chi connectivity index (χ0v) is 17.6. The molecule has 6 heteroatoms. The molecule has 2 aliphatic rings. The van der Waals surface area contributed by atoms with Crippen LogP contribution >= 0.6 is 0 Å². The number of likely N-dealkylation sites (tertiary alicyclic amines) is 1. The number of benzene rings is 1. The topological polar surface area (TPSA) is 54.8 Å². The van der Waals surface area contributed by atoms with Gasteiger partial charge in [-0.15, -0.1) is 0 Å². The minimum absolute atomic E-state index is 0.0174. The Morgan fingerprint density at radius 3 is 2.34 bits per heavy atom. The van der Waals surface area contributed by atoms with E-state index in [-0.39, 0.29) is 30.2 Å². The molecule has 0 aliphatic carbocycles. The quantitative estimate of drug-likeness (QED) is 0.794. The Bertz CT molecular complexity index is 913. The normalized spacial score (nSPS) is 22.8. The zero-order chi connectivity index (χ0) is 20.7. The van der Waals surface area contributed by atoms with Gasteiger partial charge in [0.05, 0.1) is 11.6 Å². The van der Waals surface area contributed by atoms with Gasteiger partial charge in [-0.2, -0.15) is 0 Å². The third-order valence-electron chi connectivity index (χ3n) is 6.59. The molecule has 1 aromatic carbocycles. The lowest BCUT2D eigenvalue weighted by atomic mass is 9.98. The first-order valence-corrected chi connectivity index (χ1v) is 10.3. The molecule has 154 valence electrons. The van der Waals surface area contributed by atoms with Crippen LogP contribution in [0.15, 0.2) is 36.4 Å². The van der Waals surface area contributed by atoms with E-state index in [1.165, 1.54) is 0 Å². The van der Waals surface area contributed by atoms with Crippen molar-refractivity contribution in [2.45, 2.75) is 51.8 Å². The molecule has 2 aromatic rings. The smallest absolute Gasteiger partial charge is 0.411 e. The van der Waals surface area contributed by atoms with Crippen molar-refractivity contribution in [1.29, 1.82) is 0 Å². The fourth-order valence-electron chi connectivity index (χ4n) is 4.64. The second kappa shape index (κ2) is 7.58. The van der Waals surface area contributed by atoms with E-state index in [1.54, 1.807) is 0 Å². The molecule has 4 rings (SSSR count). The van der Waals surface area contributed by atoms with Gasteiger partial charge in [-0.25, -0.2) is 4.79 Å². The molecule has 2 amide bonds. The van der Waals surface area contributed by atoms with Gasteiger partial charge >= 0.3 is 6.09 Å². The molecule has 2 fully saturated rings. The molecule has 0 bridgehead atoms. The number of hydrogen-bond acceptors (Lipinski definition) is 3. The van der Waals surface area contributed by atoms with Crippen LogP contribution in [0.3, 0.4) is 0 Å². The minimum Gasteiger partial charge on any atom is -0.439 e. The SMILES string of the molecule is Cc1cc(C(=O)N2CCC(N3C(=O)OC(c4ccccc4)C3C)CC2)c(C)n1C. The third kappa shape index (κ3) is 3.41. The number of carbonyl (C=O) groups is 2. The van der Waals surface area contributed by atoms with Crippen molar-refractivity contribution < 1.29 is 14.3 Å². The van der Waals surface area contributed by atoms with Gasteiger partial charge in [-0.1, -0.05) is 30.3 Å². The second-order valence-corrected chi connectivity index (χ2v) is 8.23. The highest BCUT2D eigenvalue weighted by Gasteiger charge is 2.44. The van der Waals surface area contributed by atoms with Crippen LogP contribution in [0.4, 0.5) is 4.79 Å². The first-order valence-electron chi connectivity index (χ1n) is 10.3. The lowest BCUT2D eigenvalue weighted by Gasteiger charge is -2.37. The Labute approximate surface area is 172 Å². The first kappa shape index (κ1) is 19.6. The molecule has 0 saturated carbocycles. The molecule has 2 atom stereocenters. The van der Waals surface area contributed by atoms with E-state index in [9.17, 15) is 9.59 Å². The second-order valence-electron chi connectivity index (χ2n) is 8.23. The van der Waals surface area contributed by atoms with Crippen LogP contribution in [-0.4, -0.2) is 51.5 Å². The predicted octanol–water partition coefficient (Wildman–Crippen LogP) is 3.83. The predicted molar refractivity (Wildman–Crippen MR) is 111 cm³/mol. The van der Waals surface area contributed by atoms with Crippen molar-refractivity contribution in [3.05, 3.63) is 58.9 Å². The van der Waals surface area contributed by atoms with Gasteiger partial charge in [0.1, 0.15) is 6.10 Å². The van der Waals surface area contributed by atoms with Crippen LogP contribution < -0.4 is 0 Å². The Kier molecular flexibility index (Phi) is 5.11. The summed E-state index contributed by atoms with van der Waals surface area (Å²) < 4.78 is 7.75. The van der Waals surface area contributed by atoms with E-state index >= 15 is 0 Å². The highest BCUT2D eigenvalue weighted by molar-refractivity contribution is 5.95. The summed E-state index contributed by atoms with van der Waals surface area (Å²) in [4.78, 5) is 29.4. The molecule has 1 aromatic heterocycles. The van der Waals surface area contributed by atoms with E-state index in [2.05, 4.69) is 6.92 Å². The number of rotatable bonds is 3. The lowest BCUT2D eigenvalue weighted by molar-refractivity contribution is 0.0640. The first-order chi connectivity index (χ1) is 13.9. The van der Waals surface area contributed by atoms with Gasteiger partial charge < -0.3 is 14.2 Å². The molecular weight excluding hydrogens is 366 g/mol. The summed E-state index contributed by atoms with van der Waals surface area (Å²) in [6.45, 7) is 7.36. The van der Waals surface area contributed by atoms with Crippen molar-refractivity contribution in [1.82, 2.24) is 14.4 Å². The fourth-order valence-corrected chi connectivity index (χ4v) is 4.64. The fraction of sp³-hybridized carbons (Fsp3) is 0.478. The molecule has 6 nitrogen and oxygen atoms in total. The molecular formula is C23H29N3O3. The van der Waals surface area contributed by atoms with Crippen molar-refractivity contribution in [2.75, 3.05) is 13.1 Å². The summed E-state index contributed by atoms with van der Waals surface area (Å²) in [5.74, 6) is 0.0869. The number of hydrogen-bond donors (Lipinski definition) is 0. The molecule has 3 heterocycles. The van der Waals surface area contributed by atoms with E-state index in [4.69, 9.17) is 4.74 Å². The summed E-state index contributed by atoms with van der Waals surface area (Å²) in [5, 5.41) is 0. The molecule has 2 unspecified atom stereocenters. The Hall–Kier alpha value is -2.76. The van der Waals surface area contributed by atoms with Crippen LogP contribution in [0.1, 0.15) is 53.2 Å². The Balaban J connectivity index is 1.42. The largest absolute Gasteiger partial charge is 0.439 e. The lowest BCUT2D eigenvalue weighted by Crippen LogP contribution is -2.49. The maximum atomic E-state index is 13.0. The summed E-state index contributed by atoms with van der Waals surface area (Å²) in [5.41, 5.74) is 3.89. The monoisotopic (exact) mass is 395 g/mol. The summed E-state index contributed by atoms with van der Waals surface area (Å²) >= 11 is 0. The number of amides is 2. The van der Waals surface area contributed by atoms with Gasteiger partial charge in [-0.3, -0.25) is 9.69 Å². The van der Waals surface area contributed by atoms with Crippen molar-refractivity contribution >= 4 is 12.0 Å². The van der Waals surface area contributed by atoms with Gasteiger partial charge in [0.15, 0.2) is 0 Å². The number of ether oxygens (including phenoxy) is 1. The average molecular weight is 396 g/mol. The number of carbonyl (C=O) groups excluding carboxylic acids is 2. The molecule has 0 N–H and O–H groups in total. The standard InChI is InChI=1S/C23H29N3O3/c1-15-14-20(16(2)24(15)4)22(27)25-12-10-19(11-13-25)26-17(3)21(29-23(26)28)18-8-6-5-7-9-18/h5-9,14,17,19,21H,10-13H2,1-4H3. The summed E-state index contributed by atoms with van der Waals surface area (Å²) in [6, 6.07) is 12.0. The van der Waals surface area contributed by atoms with Gasteiger partial charge in [0.25, 0.3) is 5.91 Å². The highest BCUT2D eigenvalue weighted by atomic mass is 16.6. The average Bonchev–Trinajstić information content (AvgIpc) is 3.18. The van der Waals surface area contributed by atoms with Crippen LogP contribution in [0.5, 0.6) is 0 Å². The van der Waals surface area contributed by atoms with Gasteiger partial charge in [0.2, 0.25) is 0 Å². The van der Waals surface area contributed by atoms with Crippen molar-refractivity contribution in [3.8, 4) is 0 Å². The van der Waals surface area contributed by atoms with Gasteiger partial charge in [-0.05, 0) is 45.2 Å².